The number of aromatic hydroxyl groups is 2. The third-order valence-electron chi connectivity index (χ3n) is 8.82. The van der Waals surface area contributed by atoms with E-state index in [0.717, 1.165) is 18.1 Å². The zero-order valence-corrected chi connectivity index (χ0v) is 25.7. The summed E-state index contributed by atoms with van der Waals surface area (Å²) in [6.07, 6.45) is -3.51. The van der Waals surface area contributed by atoms with Gasteiger partial charge >= 0.3 is 5.97 Å². The topological polar surface area (TPSA) is 164 Å². The highest BCUT2D eigenvalue weighted by molar-refractivity contribution is 5.96. The van der Waals surface area contributed by atoms with Gasteiger partial charge in [-0.05, 0) is 49.7 Å². The van der Waals surface area contributed by atoms with E-state index in [1.807, 2.05) is 13.8 Å². The Balaban J connectivity index is 1.69. The molecule has 0 spiro atoms. The molecule has 2 heterocycles. The van der Waals surface area contributed by atoms with Crippen LogP contribution in [0, 0.1) is 18.3 Å². The summed E-state index contributed by atoms with van der Waals surface area (Å²) in [5, 5.41) is 45.0. The lowest BCUT2D eigenvalue weighted by molar-refractivity contribution is -0.183. The fourth-order valence-corrected chi connectivity index (χ4v) is 5.80. The summed E-state index contributed by atoms with van der Waals surface area (Å²) in [6.45, 7) is 13.1. The number of hydrogen-bond acceptors (Lipinski definition) is 10. The standard InChI is InChI=1S/C31H47NO10/c1-15(2)11-24(39-7)27(36)28(37)32-29(40-8)22-9-10-31(5,6)25(41-22)14-20(34)17(4)23-12-18-16(3)19(33)13-21(35)26(18)30(38)42-23/h13,17,20,22-25,27,29,33-36H,1,9-12,14H2,2-8H3,(H,32,37)/t17-,20+,22-,23-,24+,25-,27+,29+/m1/s1. The monoisotopic (exact) mass is 593 g/mol. The normalized spacial score (nSPS) is 25.4. The van der Waals surface area contributed by atoms with Gasteiger partial charge in [0.2, 0.25) is 0 Å². The number of nitrogens with one attached hydrogen (secondary N) is 1. The second kappa shape index (κ2) is 13.7. The van der Waals surface area contributed by atoms with E-state index < -0.39 is 60.6 Å². The molecule has 42 heavy (non-hydrogen) atoms. The molecule has 11 nitrogen and oxygen atoms in total. The van der Waals surface area contributed by atoms with Gasteiger partial charge < -0.3 is 44.7 Å². The van der Waals surface area contributed by atoms with Crippen molar-refractivity contribution in [3.05, 3.63) is 34.9 Å². The number of fused-ring (bicyclic) bond motifs is 1. The molecule has 1 aromatic rings. The van der Waals surface area contributed by atoms with Crippen LogP contribution in [0.5, 0.6) is 11.5 Å². The minimum Gasteiger partial charge on any atom is -0.508 e. The van der Waals surface area contributed by atoms with Gasteiger partial charge in [-0.2, -0.15) is 0 Å². The number of aliphatic hydroxyl groups excluding tert-OH is 2. The molecule has 1 saturated heterocycles. The number of phenols is 2. The highest BCUT2D eigenvalue weighted by atomic mass is 16.6. The molecule has 2 aliphatic heterocycles. The molecule has 8 atom stereocenters. The Morgan fingerprint density at radius 1 is 1.19 bits per heavy atom. The van der Waals surface area contributed by atoms with Gasteiger partial charge in [0.1, 0.15) is 29.3 Å². The first-order valence-electron chi connectivity index (χ1n) is 14.4. The summed E-state index contributed by atoms with van der Waals surface area (Å²) in [7, 11) is 2.87. The lowest BCUT2D eigenvalue weighted by atomic mass is 9.75. The predicted octanol–water partition coefficient (Wildman–Crippen LogP) is 2.88. The van der Waals surface area contributed by atoms with Crippen molar-refractivity contribution in [1.82, 2.24) is 5.32 Å². The van der Waals surface area contributed by atoms with E-state index in [4.69, 9.17) is 18.9 Å². The number of ether oxygens (including phenoxy) is 4. The smallest absolute Gasteiger partial charge is 0.342 e. The van der Waals surface area contributed by atoms with Crippen molar-refractivity contribution < 1.29 is 49.0 Å². The van der Waals surface area contributed by atoms with Crippen molar-refractivity contribution in [3.63, 3.8) is 0 Å². The Bertz CT molecular complexity index is 1150. The molecule has 0 aliphatic carbocycles. The predicted molar refractivity (Wildman–Crippen MR) is 154 cm³/mol. The number of amides is 1. The van der Waals surface area contributed by atoms with Gasteiger partial charge in [-0.3, -0.25) is 4.79 Å². The highest BCUT2D eigenvalue weighted by Crippen LogP contribution is 2.41. The summed E-state index contributed by atoms with van der Waals surface area (Å²) in [4.78, 5) is 25.6. The van der Waals surface area contributed by atoms with Crippen molar-refractivity contribution in [2.45, 2.75) is 110 Å². The maximum Gasteiger partial charge on any atom is 0.342 e. The largest absolute Gasteiger partial charge is 0.508 e. The molecule has 1 fully saturated rings. The number of hydrogen-bond donors (Lipinski definition) is 5. The van der Waals surface area contributed by atoms with Crippen molar-refractivity contribution in [2.24, 2.45) is 11.3 Å². The molecule has 0 unspecified atom stereocenters. The SMILES string of the molecule is C=C(C)C[C@H](OC)[C@H](O)C(=O)N[C@@H](OC)[C@H]1CCC(C)(C)[C@@H](C[C@H](O)[C@@H](C)[C@H]2Cc3c(C)c(O)cc(O)c3C(=O)O2)O1. The zero-order chi connectivity index (χ0) is 31.5. The number of methoxy groups -OCH3 is 2. The summed E-state index contributed by atoms with van der Waals surface area (Å²) < 4.78 is 22.9. The first-order valence-corrected chi connectivity index (χ1v) is 14.4. The summed E-state index contributed by atoms with van der Waals surface area (Å²) >= 11 is 0. The molecule has 0 saturated carbocycles. The molecule has 1 aromatic carbocycles. The lowest BCUT2D eigenvalue weighted by Crippen LogP contribution is -2.55. The molecule has 5 N–H and O–H groups in total. The minimum atomic E-state index is -1.43. The van der Waals surface area contributed by atoms with E-state index >= 15 is 0 Å². The van der Waals surface area contributed by atoms with Crippen molar-refractivity contribution in [3.8, 4) is 11.5 Å². The van der Waals surface area contributed by atoms with Crippen LogP contribution >= 0.6 is 0 Å². The van der Waals surface area contributed by atoms with Crippen molar-refractivity contribution in [1.29, 1.82) is 0 Å². The molecule has 2 aliphatic rings. The Kier molecular flexibility index (Phi) is 11.0. The average Bonchev–Trinajstić information content (AvgIpc) is 2.92. The first kappa shape index (κ1) is 33.8. The van der Waals surface area contributed by atoms with Crippen molar-refractivity contribution >= 4 is 11.9 Å². The number of carbonyl (C=O) groups excluding carboxylic acids is 2. The molecule has 0 bridgehead atoms. The van der Waals surface area contributed by atoms with E-state index in [1.165, 1.54) is 14.2 Å². The lowest BCUT2D eigenvalue weighted by Gasteiger charge is -2.45. The van der Waals surface area contributed by atoms with Gasteiger partial charge in [-0.1, -0.05) is 26.3 Å². The minimum absolute atomic E-state index is 0.0389. The van der Waals surface area contributed by atoms with E-state index in [2.05, 4.69) is 11.9 Å². The van der Waals surface area contributed by atoms with Gasteiger partial charge in [-0.15, -0.1) is 6.58 Å². The van der Waals surface area contributed by atoms with Crippen LogP contribution in [0.1, 0.15) is 74.9 Å². The Morgan fingerprint density at radius 3 is 2.45 bits per heavy atom. The number of carbonyl (C=O) groups is 2. The van der Waals surface area contributed by atoms with Gasteiger partial charge in [-0.25, -0.2) is 4.79 Å². The van der Waals surface area contributed by atoms with Crippen LogP contribution in [0.25, 0.3) is 0 Å². The molecule has 0 aromatic heterocycles. The Labute approximate surface area is 247 Å². The third kappa shape index (κ3) is 7.44. The molecule has 0 radical (unpaired) electrons. The highest BCUT2D eigenvalue weighted by Gasteiger charge is 2.44. The van der Waals surface area contributed by atoms with Gasteiger partial charge in [0.25, 0.3) is 5.91 Å². The summed E-state index contributed by atoms with van der Waals surface area (Å²) in [5.41, 5.74) is 1.48. The van der Waals surface area contributed by atoms with Gasteiger partial charge in [0.05, 0.1) is 18.3 Å². The molecular weight excluding hydrogens is 546 g/mol. The first-order chi connectivity index (χ1) is 19.6. The van der Waals surface area contributed by atoms with Crippen LogP contribution in [-0.4, -0.2) is 89.4 Å². The number of aliphatic hydroxyl groups is 2. The Hall–Kier alpha value is -2.70. The number of rotatable bonds is 12. The van der Waals surface area contributed by atoms with Crippen LogP contribution in [0.2, 0.25) is 0 Å². The summed E-state index contributed by atoms with van der Waals surface area (Å²) in [6, 6.07) is 1.13. The van der Waals surface area contributed by atoms with E-state index in [0.29, 0.717) is 24.0 Å². The van der Waals surface area contributed by atoms with E-state index in [-0.39, 0.29) is 35.3 Å². The van der Waals surface area contributed by atoms with Gasteiger partial charge in [0.15, 0.2) is 12.3 Å². The number of cyclic esters (lactones) is 1. The van der Waals surface area contributed by atoms with Crippen LogP contribution in [0.4, 0.5) is 0 Å². The number of benzene rings is 1. The molecular formula is C31H47NO10. The van der Waals surface area contributed by atoms with Crippen LogP contribution in [-0.2, 0) is 30.2 Å². The van der Waals surface area contributed by atoms with E-state index in [9.17, 15) is 30.0 Å². The summed E-state index contributed by atoms with van der Waals surface area (Å²) in [5.74, 6) is -2.29. The number of phenolic OH excluding ortho intramolecular Hbond substituents is 2. The second-order valence-corrected chi connectivity index (χ2v) is 12.4. The van der Waals surface area contributed by atoms with Crippen LogP contribution < -0.4 is 5.32 Å². The fourth-order valence-electron chi connectivity index (χ4n) is 5.80. The average molecular weight is 594 g/mol. The molecule has 11 heteroatoms. The fraction of sp³-hybridized carbons (Fsp3) is 0.677. The molecule has 236 valence electrons. The van der Waals surface area contributed by atoms with Gasteiger partial charge in [0, 0.05) is 39.0 Å². The molecule has 3 rings (SSSR count). The Morgan fingerprint density at radius 2 is 1.86 bits per heavy atom. The quantitative estimate of drug-likeness (QED) is 0.138. The zero-order valence-electron chi connectivity index (χ0n) is 25.7. The second-order valence-electron chi connectivity index (χ2n) is 12.4. The molecule has 1 amide bonds. The third-order valence-corrected chi connectivity index (χ3v) is 8.82. The van der Waals surface area contributed by atoms with E-state index in [1.54, 1.807) is 20.8 Å². The van der Waals surface area contributed by atoms with Crippen LogP contribution in [0.3, 0.4) is 0 Å². The van der Waals surface area contributed by atoms with Crippen molar-refractivity contribution in [2.75, 3.05) is 14.2 Å². The maximum absolute atomic E-state index is 12.8. The van der Waals surface area contributed by atoms with Crippen LogP contribution in [0.15, 0.2) is 18.2 Å². The maximum atomic E-state index is 12.8. The number of esters is 1.